The van der Waals surface area contributed by atoms with Crippen molar-refractivity contribution in [2.24, 2.45) is 11.8 Å². The second kappa shape index (κ2) is 8.83. The van der Waals surface area contributed by atoms with Gasteiger partial charge in [-0.05, 0) is 37.3 Å². The van der Waals surface area contributed by atoms with E-state index in [1.54, 1.807) is 0 Å². The van der Waals surface area contributed by atoms with Gasteiger partial charge in [0.25, 0.3) is 0 Å². The van der Waals surface area contributed by atoms with Crippen molar-refractivity contribution in [3.8, 4) is 0 Å². The number of hydrogen-bond acceptors (Lipinski definition) is 3. The summed E-state index contributed by atoms with van der Waals surface area (Å²) < 4.78 is 0. The Labute approximate surface area is 116 Å². The van der Waals surface area contributed by atoms with E-state index < -0.39 is 0 Å². The average Bonchev–Trinajstić information content (AvgIpc) is 2.45. The normalized spacial score (nSPS) is 15.7. The number of carbonyl (C=O) groups is 1. The number of aliphatic hydroxyl groups excluding tert-OH is 1. The Morgan fingerprint density at radius 1 is 1.26 bits per heavy atom. The van der Waals surface area contributed by atoms with Crippen LogP contribution in [0.2, 0.25) is 0 Å². The smallest absolute Gasteiger partial charge is 0.120 e. The first-order valence-electron chi connectivity index (χ1n) is 7.00. The summed E-state index contributed by atoms with van der Waals surface area (Å²) in [6, 6.07) is 10.5. The van der Waals surface area contributed by atoms with Crippen LogP contribution in [0, 0.1) is 11.8 Å². The lowest BCUT2D eigenvalue weighted by Gasteiger charge is -2.21. The second-order valence-electron chi connectivity index (χ2n) is 5.33. The van der Waals surface area contributed by atoms with Gasteiger partial charge in [0, 0.05) is 19.1 Å². The van der Waals surface area contributed by atoms with Crippen molar-refractivity contribution >= 4 is 6.29 Å². The highest BCUT2D eigenvalue weighted by Crippen LogP contribution is 2.16. The Bertz CT molecular complexity index is 353. The lowest BCUT2D eigenvalue weighted by Crippen LogP contribution is -2.27. The van der Waals surface area contributed by atoms with Crippen molar-refractivity contribution in [2.75, 3.05) is 13.2 Å². The molecule has 1 aromatic rings. The quantitative estimate of drug-likeness (QED) is 0.673. The van der Waals surface area contributed by atoms with Crippen LogP contribution in [0.15, 0.2) is 30.3 Å². The molecule has 3 nitrogen and oxygen atoms in total. The third kappa shape index (κ3) is 5.99. The zero-order valence-electron chi connectivity index (χ0n) is 11.9. The van der Waals surface area contributed by atoms with E-state index in [1.165, 1.54) is 5.56 Å². The van der Waals surface area contributed by atoms with E-state index in [2.05, 4.69) is 24.4 Å². The molecular weight excluding hydrogens is 238 g/mol. The van der Waals surface area contributed by atoms with Gasteiger partial charge in [-0.25, -0.2) is 0 Å². The summed E-state index contributed by atoms with van der Waals surface area (Å²) >= 11 is 0. The average molecular weight is 263 g/mol. The molecule has 106 valence electrons. The van der Waals surface area contributed by atoms with Gasteiger partial charge in [0.15, 0.2) is 0 Å². The second-order valence-corrected chi connectivity index (χ2v) is 5.33. The molecule has 1 rings (SSSR count). The molecule has 3 heteroatoms. The molecule has 0 aliphatic carbocycles. The number of carbonyl (C=O) groups excluding carboxylic acids is 1. The van der Waals surface area contributed by atoms with E-state index in [0.29, 0.717) is 12.3 Å². The molecule has 0 amide bonds. The molecule has 0 aromatic heterocycles. The molecule has 3 atom stereocenters. The summed E-state index contributed by atoms with van der Waals surface area (Å²) in [5.41, 5.74) is 1.25. The molecular formula is C16H25NO2. The van der Waals surface area contributed by atoms with Crippen molar-refractivity contribution in [3.63, 3.8) is 0 Å². The van der Waals surface area contributed by atoms with E-state index in [4.69, 9.17) is 5.11 Å². The molecule has 0 aliphatic rings. The molecule has 0 saturated heterocycles. The van der Waals surface area contributed by atoms with Crippen LogP contribution in [0.25, 0.3) is 0 Å². The maximum absolute atomic E-state index is 10.7. The van der Waals surface area contributed by atoms with Crippen LogP contribution in [0.5, 0.6) is 0 Å². The van der Waals surface area contributed by atoms with Gasteiger partial charge < -0.3 is 15.2 Å². The van der Waals surface area contributed by atoms with Gasteiger partial charge in [0.1, 0.15) is 6.29 Å². The maximum Gasteiger partial charge on any atom is 0.120 e. The summed E-state index contributed by atoms with van der Waals surface area (Å²) in [5.74, 6) is 0.546. The topological polar surface area (TPSA) is 49.3 Å². The minimum Gasteiger partial charge on any atom is -0.396 e. The van der Waals surface area contributed by atoms with Gasteiger partial charge in [-0.15, -0.1) is 0 Å². The third-order valence-electron chi connectivity index (χ3n) is 3.49. The first-order valence-corrected chi connectivity index (χ1v) is 7.00. The fourth-order valence-corrected chi connectivity index (χ4v) is 2.25. The molecule has 0 fully saturated rings. The Morgan fingerprint density at radius 3 is 2.53 bits per heavy atom. The van der Waals surface area contributed by atoms with Crippen LogP contribution >= 0.6 is 0 Å². The van der Waals surface area contributed by atoms with Crippen molar-refractivity contribution in [1.29, 1.82) is 0 Å². The highest BCUT2D eigenvalue weighted by Gasteiger charge is 2.14. The first-order chi connectivity index (χ1) is 9.17. The van der Waals surface area contributed by atoms with Gasteiger partial charge in [-0.1, -0.05) is 37.3 Å². The maximum atomic E-state index is 10.7. The number of aldehydes is 1. The Morgan fingerprint density at radius 2 is 1.95 bits per heavy atom. The zero-order chi connectivity index (χ0) is 14.1. The molecule has 0 heterocycles. The fraction of sp³-hybridized carbons (Fsp3) is 0.562. The van der Waals surface area contributed by atoms with E-state index in [9.17, 15) is 4.79 Å². The van der Waals surface area contributed by atoms with Gasteiger partial charge in [-0.2, -0.15) is 0 Å². The number of nitrogens with one attached hydrogen (secondary N) is 1. The van der Waals surface area contributed by atoms with Crippen LogP contribution in [-0.4, -0.2) is 24.5 Å². The summed E-state index contributed by atoms with van der Waals surface area (Å²) in [6.07, 6.45) is 2.41. The lowest BCUT2D eigenvalue weighted by molar-refractivity contribution is -0.108. The molecule has 0 radical (unpaired) electrons. The Balaban J connectivity index is 2.44. The minimum absolute atomic E-state index is 0.184. The zero-order valence-corrected chi connectivity index (χ0v) is 11.9. The monoisotopic (exact) mass is 263 g/mol. The molecule has 0 aliphatic heterocycles. The summed E-state index contributed by atoms with van der Waals surface area (Å²) in [6.45, 7) is 5.13. The summed E-state index contributed by atoms with van der Waals surface area (Å²) in [7, 11) is 0. The highest BCUT2D eigenvalue weighted by molar-refractivity contribution is 5.49. The van der Waals surface area contributed by atoms with Gasteiger partial charge >= 0.3 is 0 Å². The van der Waals surface area contributed by atoms with Gasteiger partial charge in [-0.3, -0.25) is 0 Å². The number of hydrogen-bond donors (Lipinski definition) is 2. The molecule has 1 unspecified atom stereocenters. The largest absolute Gasteiger partial charge is 0.396 e. The summed E-state index contributed by atoms with van der Waals surface area (Å²) in [5, 5.41) is 12.6. The van der Waals surface area contributed by atoms with Gasteiger partial charge in [0.2, 0.25) is 0 Å². The van der Waals surface area contributed by atoms with Crippen molar-refractivity contribution < 1.29 is 9.90 Å². The van der Waals surface area contributed by atoms with Crippen LogP contribution in [0.3, 0.4) is 0 Å². The van der Waals surface area contributed by atoms with Crippen molar-refractivity contribution in [3.05, 3.63) is 35.9 Å². The van der Waals surface area contributed by atoms with E-state index in [1.807, 2.05) is 25.1 Å². The van der Waals surface area contributed by atoms with Crippen molar-refractivity contribution in [1.82, 2.24) is 5.32 Å². The number of rotatable bonds is 9. The molecule has 0 spiro atoms. The summed E-state index contributed by atoms with van der Waals surface area (Å²) in [4.78, 5) is 10.7. The van der Waals surface area contributed by atoms with Crippen molar-refractivity contribution in [2.45, 2.75) is 32.7 Å². The van der Waals surface area contributed by atoms with Crippen LogP contribution < -0.4 is 5.32 Å². The predicted octanol–water partition coefficient (Wildman–Crippen LogP) is 2.56. The Hall–Kier alpha value is -1.19. The van der Waals surface area contributed by atoms with E-state index >= 15 is 0 Å². The SMILES string of the molecule is CC(CO)C[C@@H](CC=O)CN[C@@H](C)c1ccccc1. The molecule has 19 heavy (non-hydrogen) atoms. The standard InChI is InChI=1S/C16H25NO2/c1-13(12-19)10-15(8-9-18)11-17-14(2)16-6-4-3-5-7-16/h3-7,9,13-15,17,19H,8,10-12H2,1-2H3/t13?,14-,15+/m0/s1. The van der Waals surface area contributed by atoms with Crippen LogP contribution in [-0.2, 0) is 4.79 Å². The third-order valence-corrected chi connectivity index (χ3v) is 3.49. The molecule has 2 N–H and O–H groups in total. The van der Waals surface area contributed by atoms with Crippen LogP contribution in [0.4, 0.5) is 0 Å². The van der Waals surface area contributed by atoms with E-state index in [0.717, 1.165) is 19.3 Å². The predicted molar refractivity (Wildman–Crippen MR) is 77.9 cm³/mol. The number of aliphatic hydroxyl groups is 1. The minimum atomic E-state index is 0.184. The molecule has 0 bridgehead atoms. The van der Waals surface area contributed by atoms with Crippen LogP contribution in [0.1, 0.15) is 38.3 Å². The first kappa shape index (κ1) is 15.9. The highest BCUT2D eigenvalue weighted by atomic mass is 16.3. The Kier molecular flexibility index (Phi) is 7.38. The van der Waals surface area contributed by atoms with E-state index in [-0.39, 0.29) is 18.6 Å². The molecule has 1 aromatic carbocycles. The number of benzene rings is 1. The molecule has 0 saturated carbocycles. The van der Waals surface area contributed by atoms with Gasteiger partial charge in [0.05, 0.1) is 0 Å². The lowest BCUT2D eigenvalue weighted by atomic mass is 9.93. The fourth-order valence-electron chi connectivity index (χ4n) is 2.25.